The maximum absolute atomic E-state index is 13.2. The number of amides is 1. The molecule has 31 heavy (non-hydrogen) atoms. The average Bonchev–Trinajstić information content (AvgIpc) is 3.52. The van der Waals surface area contributed by atoms with Gasteiger partial charge in [0.15, 0.2) is 0 Å². The number of benzene rings is 1. The van der Waals surface area contributed by atoms with Gasteiger partial charge in [-0.05, 0) is 57.1 Å². The van der Waals surface area contributed by atoms with E-state index in [1.165, 1.54) is 25.7 Å². The van der Waals surface area contributed by atoms with Crippen LogP contribution in [0.5, 0.6) is 0 Å². The van der Waals surface area contributed by atoms with Crippen LogP contribution in [0.15, 0.2) is 30.3 Å². The molecule has 2 aromatic rings. The molecule has 3 fully saturated rings. The van der Waals surface area contributed by atoms with Gasteiger partial charge in [-0.25, -0.2) is 4.98 Å². The summed E-state index contributed by atoms with van der Waals surface area (Å²) in [5.41, 5.74) is 3.16. The highest BCUT2D eigenvalue weighted by molar-refractivity contribution is 6.07. The van der Waals surface area contributed by atoms with E-state index in [1.807, 2.05) is 38.1 Å². The summed E-state index contributed by atoms with van der Waals surface area (Å²) in [5.74, 6) is 1.06. The number of nitrogens with zero attached hydrogens (tertiary/aromatic N) is 4. The first-order valence-corrected chi connectivity index (χ1v) is 11.4. The first-order valence-electron chi connectivity index (χ1n) is 11.4. The summed E-state index contributed by atoms with van der Waals surface area (Å²) in [6.45, 7) is 8.18. The smallest absolute Gasteiger partial charge is 0.258 e. The maximum Gasteiger partial charge on any atom is 0.258 e. The van der Waals surface area contributed by atoms with Crippen molar-refractivity contribution < 1.29 is 9.53 Å². The minimum atomic E-state index is -0.123. The Morgan fingerprint density at radius 2 is 1.87 bits per heavy atom. The van der Waals surface area contributed by atoms with Gasteiger partial charge in [0, 0.05) is 43.6 Å². The van der Waals surface area contributed by atoms with Crippen LogP contribution in [0.3, 0.4) is 0 Å². The minimum Gasteiger partial charge on any atom is -0.375 e. The summed E-state index contributed by atoms with van der Waals surface area (Å²) < 4.78 is 5.63. The lowest BCUT2D eigenvalue weighted by atomic mass is 9.93. The quantitative estimate of drug-likeness (QED) is 0.813. The number of para-hydroxylation sites is 1. The second-order valence-corrected chi connectivity index (χ2v) is 9.28. The van der Waals surface area contributed by atoms with Gasteiger partial charge in [-0.3, -0.25) is 4.79 Å². The van der Waals surface area contributed by atoms with Crippen molar-refractivity contribution in [2.45, 2.75) is 45.6 Å². The molecule has 1 unspecified atom stereocenters. The first-order chi connectivity index (χ1) is 15.0. The predicted octanol–water partition coefficient (Wildman–Crippen LogP) is 3.64. The Morgan fingerprint density at radius 3 is 2.61 bits per heavy atom. The number of anilines is 3. The summed E-state index contributed by atoms with van der Waals surface area (Å²) in [6, 6.07) is 9.73. The molecule has 1 saturated carbocycles. The van der Waals surface area contributed by atoms with Crippen LogP contribution >= 0.6 is 0 Å². The number of carbonyl (C=O) groups excluding carboxylic acids is 1. The molecule has 1 N–H and O–H groups in total. The molecule has 0 radical (unpaired) electrons. The SMILES string of the molecule is Cc1cc(NC(=O)c2ccccc2N2CCC3(CC2)CC3)nc(N2CCOC(C)C2)n1. The van der Waals surface area contributed by atoms with E-state index in [9.17, 15) is 4.79 Å². The Hall–Kier alpha value is -2.67. The van der Waals surface area contributed by atoms with Crippen molar-refractivity contribution in [1.29, 1.82) is 0 Å². The number of hydrogen-bond acceptors (Lipinski definition) is 6. The Morgan fingerprint density at radius 1 is 1.10 bits per heavy atom. The number of aryl methyl sites for hydroxylation is 1. The Kier molecular flexibility index (Phi) is 5.30. The molecule has 1 aromatic heterocycles. The van der Waals surface area contributed by atoms with Crippen LogP contribution in [0, 0.1) is 12.3 Å². The van der Waals surface area contributed by atoms with Crippen LogP contribution in [0.2, 0.25) is 0 Å². The molecule has 3 heterocycles. The number of rotatable bonds is 4. The summed E-state index contributed by atoms with van der Waals surface area (Å²) in [5, 5.41) is 3.02. The fourth-order valence-corrected chi connectivity index (χ4v) is 4.78. The maximum atomic E-state index is 13.2. The van der Waals surface area contributed by atoms with Crippen molar-refractivity contribution in [3.05, 3.63) is 41.6 Å². The van der Waals surface area contributed by atoms with Crippen LogP contribution in [0.1, 0.15) is 48.7 Å². The van der Waals surface area contributed by atoms with Gasteiger partial charge in [-0.15, -0.1) is 0 Å². The Balaban J connectivity index is 1.34. The number of aromatic nitrogens is 2. The fraction of sp³-hybridized carbons (Fsp3) is 0.542. The van der Waals surface area contributed by atoms with Crippen molar-refractivity contribution >= 4 is 23.4 Å². The number of morpholine rings is 1. The molecule has 1 spiro atoms. The fourth-order valence-electron chi connectivity index (χ4n) is 4.78. The van der Waals surface area contributed by atoms with E-state index in [4.69, 9.17) is 4.74 Å². The lowest BCUT2D eigenvalue weighted by Gasteiger charge is -2.34. The molecule has 1 aliphatic carbocycles. The van der Waals surface area contributed by atoms with E-state index in [1.54, 1.807) is 0 Å². The van der Waals surface area contributed by atoms with Crippen molar-refractivity contribution in [3.63, 3.8) is 0 Å². The number of carbonyl (C=O) groups is 1. The highest BCUT2D eigenvalue weighted by atomic mass is 16.5. The Labute approximate surface area is 183 Å². The third kappa shape index (κ3) is 4.37. The van der Waals surface area contributed by atoms with Crippen molar-refractivity contribution in [1.82, 2.24) is 9.97 Å². The normalized spacial score (nSPS) is 22.5. The van der Waals surface area contributed by atoms with Gasteiger partial charge in [-0.2, -0.15) is 4.98 Å². The second kappa shape index (κ2) is 8.11. The Bertz CT molecular complexity index is 964. The van der Waals surface area contributed by atoms with Crippen LogP contribution in [0.4, 0.5) is 17.5 Å². The molecule has 1 amide bonds. The lowest BCUT2D eigenvalue weighted by Crippen LogP contribution is -2.42. The molecule has 7 nitrogen and oxygen atoms in total. The van der Waals surface area contributed by atoms with Crippen LogP contribution in [-0.2, 0) is 4.74 Å². The number of nitrogens with one attached hydrogen (secondary N) is 1. The number of hydrogen-bond donors (Lipinski definition) is 1. The molecular weight excluding hydrogens is 390 g/mol. The molecular formula is C24H31N5O2. The van der Waals surface area contributed by atoms with E-state index >= 15 is 0 Å². The molecule has 2 aliphatic heterocycles. The highest BCUT2D eigenvalue weighted by Gasteiger charge is 2.44. The van der Waals surface area contributed by atoms with Crippen LogP contribution in [-0.4, -0.2) is 54.8 Å². The van der Waals surface area contributed by atoms with Gasteiger partial charge in [0.05, 0.1) is 18.3 Å². The average molecular weight is 422 g/mol. The van der Waals surface area contributed by atoms with Crippen molar-refractivity contribution in [2.24, 2.45) is 5.41 Å². The number of ether oxygens (including phenoxy) is 1. The van der Waals surface area contributed by atoms with Gasteiger partial charge >= 0.3 is 0 Å². The van der Waals surface area contributed by atoms with Gasteiger partial charge in [-0.1, -0.05) is 12.1 Å². The molecule has 3 aliphatic rings. The zero-order chi connectivity index (χ0) is 21.4. The van der Waals surface area contributed by atoms with E-state index in [-0.39, 0.29) is 12.0 Å². The molecule has 7 heteroatoms. The van der Waals surface area contributed by atoms with E-state index in [0.29, 0.717) is 29.4 Å². The molecule has 5 rings (SSSR count). The molecule has 2 saturated heterocycles. The first kappa shape index (κ1) is 20.2. The lowest BCUT2D eigenvalue weighted by molar-refractivity contribution is 0.0526. The summed E-state index contributed by atoms with van der Waals surface area (Å²) >= 11 is 0. The van der Waals surface area contributed by atoms with Gasteiger partial charge < -0.3 is 19.9 Å². The van der Waals surface area contributed by atoms with Crippen molar-refractivity contribution in [3.8, 4) is 0 Å². The summed E-state index contributed by atoms with van der Waals surface area (Å²) in [7, 11) is 0. The monoisotopic (exact) mass is 421 g/mol. The molecule has 1 atom stereocenters. The van der Waals surface area contributed by atoms with E-state index in [0.717, 1.165) is 37.6 Å². The van der Waals surface area contributed by atoms with E-state index in [2.05, 4.69) is 31.2 Å². The zero-order valence-corrected chi connectivity index (χ0v) is 18.4. The van der Waals surface area contributed by atoms with E-state index < -0.39 is 0 Å². The van der Waals surface area contributed by atoms with Gasteiger partial charge in [0.2, 0.25) is 5.95 Å². The zero-order valence-electron chi connectivity index (χ0n) is 18.4. The summed E-state index contributed by atoms with van der Waals surface area (Å²) in [6.07, 6.45) is 5.35. The second-order valence-electron chi connectivity index (χ2n) is 9.28. The van der Waals surface area contributed by atoms with Gasteiger partial charge in [0.25, 0.3) is 5.91 Å². The molecule has 1 aromatic carbocycles. The summed E-state index contributed by atoms with van der Waals surface area (Å²) in [4.78, 5) is 26.9. The van der Waals surface area contributed by atoms with Crippen molar-refractivity contribution in [2.75, 3.05) is 47.9 Å². The van der Waals surface area contributed by atoms with Gasteiger partial charge in [0.1, 0.15) is 5.82 Å². The minimum absolute atomic E-state index is 0.123. The standard InChI is InChI=1S/C24H31N5O2/c1-17-15-21(27-23(25-17)29-13-14-31-18(2)16-29)26-22(30)19-5-3-4-6-20(19)28-11-9-24(7-8-24)10-12-28/h3-6,15,18H,7-14,16H2,1-2H3,(H,25,26,27,30). The highest BCUT2D eigenvalue weighted by Crippen LogP contribution is 2.54. The third-order valence-corrected chi connectivity index (χ3v) is 6.88. The van der Waals surface area contributed by atoms with Crippen LogP contribution in [0.25, 0.3) is 0 Å². The predicted molar refractivity (Wildman–Crippen MR) is 122 cm³/mol. The topological polar surface area (TPSA) is 70.6 Å². The molecule has 0 bridgehead atoms. The number of piperidine rings is 1. The van der Waals surface area contributed by atoms with Crippen LogP contribution < -0.4 is 15.1 Å². The third-order valence-electron chi connectivity index (χ3n) is 6.88. The molecule has 164 valence electrons. The largest absolute Gasteiger partial charge is 0.375 e.